The van der Waals surface area contributed by atoms with Crippen LogP contribution >= 0.6 is 0 Å². The van der Waals surface area contributed by atoms with Gasteiger partial charge < -0.3 is 10.0 Å². The summed E-state index contributed by atoms with van der Waals surface area (Å²) < 4.78 is 0. The average Bonchev–Trinajstić information content (AvgIpc) is 2.82. The Hall–Kier alpha value is -1.16. The lowest BCUT2D eigenvalue weighted by Crippen LogP contribution is -2.26. The van der Waals surface area contributed by atoms with E-state index in [1.807, 2.05) is 6.92 Å². The summed E-state index contributed by atoms with van der Waals surface area (Å²) >= 11 is 0. The van der Waals surface area contributed by atoms with Crippen molar-refractivity contribution in [3.05, 3.63) is 18.1 Å². The number of aryl methyl sites for hydroxylation is 1. The smallest absolute Gasteiger partial charge is 0.150 e. The van der Waals surface area contributed by atoms with Crippen molar-refractivity contribution in [1.29, 1.82) is 0 Å². The molecule has 16 heavy (non-hydrogen) atoms. The molecule has 0 radical (unpaired) electrons. The quantitative estimate of drug-likeness (QED) is 0.765. The highest BCUT2D eigenvalue weighted by Crippen LogP contribution is 2.39. The van der Waals surface area contributed by atoms with Crippen LogP contribution in [0.1, 0.15) is 18.5 Å². The molecular formula is C12H17N3O. The zero-order chi connectivity index (χ0) is 11.1. The van der Waals surface area contributed by atoms with Gasteiger partial charge >= 0.3 is 0 Å². The van der Waals surface area contributed by atoms with Crippen LogP contribution in [0.2, 0.25) is 0 Å². The third-order valence-corrected chi connectivity index (χ3v) is 3.97. The molecule has 2 aliphatic rings. The first-order valence-electron chi connectivity index (χ1n) is 5.96. The molecule has 1 aliphatic heterocycles. The minimum Gasteiger partial charge on any atom is -0.393 e. The van der Waals surface area contributed by atoms with Crippen LogP contribution in [0.4, 0.5) is 5.82 Å². The van der Waals surface area contributed by atoms with E-state index in [4.69, 9.17) is 0 Å². The van der Waals surface area contributed by atoms with Gasteiger partial charge in [-0.15, -0.1) is 0 Å². The van der Waals surface area contributed by atoms with Gasteiger partial charge in [-0.25, -0.2) is 4.98 Å². The molecule has 1 aliphatic carbocycles. The van der Waals surface area contributed by atoms with Crippen molar-refractivity contribution in [2.75, 3.05) is 18.0 Å². The molecule has 3 atom stereocenters. The van der Waals surface area contributed by atoms with E-state index in [1.165, 1.54) is 0 Å². The second-order valence-electron chi connectivity index (χ2n) is 4.94. The maximum atomic E-state index is 9.87. The van der Waals surface area contributed by atoms with Gasteiger partial charge in [0.15, 0.2) is 0 Å². The molecule has 1 aromatic heterocycles. The zero-order valence-electron chi connectivity index (χ0n) is 9.50. The molecule has 0 amide bonds. The summed E-state index contributed by atoms with van der Waals surface area (Å²) in [5.41, 5.74) is 0.983. The van der Waals surface area contributed by atoms with Gasteiger partial charge in [0.2, 0.25) is 0 Å². The van der Waals surface area contributed by atoms with Gasteiger partial charge in [0.25, 0.3) is 0 Å². The highest BCUT2D eigenvalue weighted by atomic mass is 16.3. The number of hydrogen-bond donors (Lipinski definition) is 1. The number of aliphatic hydroxyl groups is 1. The summed E-state index contributed by atoms with van der Waals surface area (Å²) in [6.07, 6.45) is 5.49. The molecule has 1 saturated carbocycles. The Kier molecular flexibility index (Phi) is 2.32. The third kappa shape index (κ3) is 1.48. The van der Waals surface area contributed by atoms with Crippen molar-refractivity contribution in [2.45, 2.75) is 25.9 Å². The van der Waals surface area contributed by atoms with E-state index in [2.05, 4.69) is 14.9 Å². The summed E-state index contributed by atoms with van der Waals surface area (Å²) in [5.74, 6) is 2.09. The Morgan fingerprint density at radius 1 is 1.25 bits per heavy atom. The summed E-state index contributed by atoms with van der Waals surface area (Å²) in [7, 11) is 0. The first-order chi connectivity index (χ1) is 7.75. The van der Waals surface area contributed by atoms with E-state index in [0.717, 1.165) is 37.4 Å². The monoisotopic (exact) mass is 219 g/mol. The van der Waals surface area contributed by atoms with Gasteiger partial charge in [-0.1, -0.05) is 0 Å². The van der Waals surface area contributed by atoms with Crippen LogP contribution in [0.5, 0.6) is 0 Å². The zero-order valence-corrected chi connectivity index (χ0v) is 9.50. The molecule has 3 rings (SSSR count). The van der Waals surface area contributed by atoms with E-state index >= 15 is 0 Å². The summed E-state index contributed by atoms with van der Waals surface area (Å²) in [4.78, 5) is 10.9. The highest BCUT2D eigenvalue weighted by Gasteiger charge is 2.42. The molecule has 0 spiro atoms. The van der Waals surface area contributed by atoms with Crippen LogP contribution in [-0.2, 0) is 0 Å². The maximum absolute atomic E-state index is 9.87. The Morgan fingerprint density at radius 3 is 2.81 bits per heavy atom. The van der Waals surface area contributed by atoms with Crippen molar-refractivity contribution >= 4 is 5.82 Å². The SMILES string of the molecule is Cc1nccnc1N1CC2CCC(O)C2C1. The van der Waals surface area contributed by atoms with Crippen LogP contribution < -0.4 is 4.90 Å². The Labute approximate surface area is 95.3 Å². The van der Waals surface area contributed by atoms with Gasteiger partial charge in [-0.05, 0) is 25.7 Å². The molecule has 4 nitrogen and oxygen atoms in total. The van der Waals surface area contributed by atoms with Crippen molar-refractivity contribution in [2.24, 2.45) is 11.8 Å². The standard InChI is InChI=1S/C12H17N3O/c1-8-12(14-5-4-13-8)15-6-9-2-3-11(16)10(9)7-15/h4-5,9-11,16H,2-3,6-7H2,1H3. The van der Waals surface area contributed by atoms with Gasteiger partial charge in [0, 0.05) is 31.4 Å². The lowest BCUT2D eigenvalue weighted by Gasteiger charge is -2.20. The molecule has 1 aromatic rings. The van der Waals surface area contributed by atoms with Gasteiger partial charge in [0.1, 0.15) is 5.82 Å². The van der Waals surface area contributed by atoms with Crippen LogP contribution in [0.3, 0.4) is 0 Å². The van der Waals surface area contributed by atoms with Crippen LogP contribution in [0, 0.1) is 18.8 Å². The number of nitrogens with zero attached hydrogens (tertiary/aromatic N) is 3. The molecule has 2 fully saturated rings. The predicted molar refractivity (Wildman–Crippen MR) is 61.2 cm³/mol. The number of rotatable bonds is 1. The maximum Gasteiger partial charge on any atom is 0.150 e. The lowest BCUT2D eigenvalue weighted by molar-refractivity contribution is 0.133. The van der Waals surface area contributed by atoms with Crippen molar-refractivity contribution in [1.82, 2.24) is 9.97 Å². The van der Waals surface area contributed by atoms with E-state index in [0.29, 0.717) is 11.8 Å². The van der Waals surface area contributed by atoms with Crippen LogP contribution in [-0.4, -0.2) is 34.3 Å². The average molecular weight is 219 g/mol. The fourth-order valence-electron chi connectivity index (χ4n) is 3.12. The molecule has 4 heteroatoms. The first-order valence-corrected chi connectivity index (χ1v) is 5.96. The number of hydrogen-bond acceptors (Lipinski definition) is 4. The predicted octanol–water partition coefficient (Wildman–Crippen LogP) is 0.992. The second-order valence-corrected chi connectivity index (χ2v) is 4.94. The molecule has 1 N–H and O–H groups in total. The molecule has 3 unspecified atom stereocenters. The number of anilines is 1. The summed E-state index contributed by atoms with van der Waals surface area (Å²) in [6, 6.07) is 0. The number of fused-ring (bicyclic) bond motifs is 1. The largest absolute Gasteiger partial charge is 0.393 e. The molecular weight excluding hydrogens is 202 g/mol. The molecule has 0 aromatic carbocycles. The summed E-state index contributed by atoms with van der Waals surface area (Å²) in [6.45, 7) is 3.96. The Bertz CT molecular complexity index is 396. The molecule has 0 bridgehead atoms. The van der Waals surface area contributed by atoms with Crippen LogP contribution in [0.15, 0.2) is 12.4 Å². The number of aromatic nitrogens is 2. The van der Waals surface area contributed by atoms with E-state index in [9.17, 15) is 5.11 Å². The van der Waals surface area contributed by atoms with Crippen LogP contribution in [0.25, 0.3) is 0 Å². The first kappa shape index (κ1) is 10.0. The minimum atomic E-state index is -0.105. The lowest BCUT2D eigenvalue weighted by atomic mass is 10.00. The van der Waals surface area contributed by atoms with Crippen molar-refractivity contribution in [3.63, 3.8) is 0 Å². The van der Waals surface area contributed by atoms with Crippen molar-refractivity contribution < 1.29 is 5.11 Å². The Balaban J connectivity index is 1.82. The van der Waals surface area contributed by atoms with Crippen molar-refractivity contribution in [3.8, 4) is 0 Å². The fourth-order valence-corrected chi connectivity index (χ4v) is 3.12. The fraction of sp³-hybridized carbons (Fsp3) is 0.667. The van der Waals surface area contributed by atoms with E-state index in [-0.39, 0.29) is 6.10 Å². The molecule has 2 heterocycles. The third-order valence-electron chi connectivity index (χ3n) is 3.97. The van der Waals surface area contributed by atoms with E-state index < -0.39 is 0 Å². The normalized spacial score (nSPS) is 33.1. The molecule has 86 valence electrons. The topological polar surface area (TPSA) is 49.2 Å². The van der Waals surface area contributed by atoms with Gasteiger partial charge in [-0.3, -0.25) is 4.98 Å². The highest BCUT2D eigenvalue weighted by molar-refractivity contribution is 5.44. The Morgan fingerprint density at radius 2 is 2.06 bits per heavy atom. The second kappa shape index (κ2) is 3.70. The number of aliphatic hydroxyl groups excluding tert-OH is 1. The van der Waals surface area contributed by atoms with Gasteiger partial charge in [-0.2, -0.15) is 0 Å². The summed E-state index contributed by atoms with van der Waals surface area (Å²) in [5, 5.41) is 9.87. The molecule has 1 saturated heterocycles. The minimum absolute atomic E-state index is 0.105. The van der Waals surface area contributed by atoms with Gasteiger partial charge in [0.05, 0.1) is 11.8 Å². The van der Waals surface area contributed by atoms with E-state index in [1.54, 1.807) is 12.4 Å².